The van der Waals surface area contributed by atoms with Crippen LogP contribution in [0, 0.1) is 62.1 Å². The van der Waals surface area contributed by atoms with Crippen LogP contribution in [-0.2, 0) is 95.1 Å². The highest BCUT2D eigenvalue weighted by atomic mass is 16.8. The van der Waals surface area contributed by atoms with E-state index in [1.54, 1.807) is 34.6 Å². The number of aliphatic hydroxyl groups is 12. The summed E-state index contributed by atoms with van der Waals surface area (Å²) in [7, 11) is 1.29. The van der Waals surface area contributed by atoms with Crippen molar-refractivity contribution >= 4 is 35.8 Å². The summed E-state index contributed by atoms with van der Waals surface area (Å²) in [4.78, 5) is 83.7. The van der Waals surface area contributed by atoms with Crippen LogP contribution >= 0.6 is 0 Å². The number of aliphatic hydroxyl groups excluding tert-OH is 12. The summed E-state index contributed by atoms with van der Waals surface area (Å²) in [5, 5.41) is 143. The monoisotopic (exact) mass is 1520 g/mol. The van der Waals surface area contributed by atoms with Gasteiger partial charge in [0.1, 0.15) is 85.5 Å². The summed E-state index contributed by atoms with van der Waals surface area (Å²) < 4.78 is 86.4. The Bertz CT molecular complexity index is 3150. The molecule has 33 heteroatoms. The second-order valence-corrected chi connectivity index (χ2v) is 32.9. The molecule has 5 heterocycles. The Balaban J connectivity index is 1.01. The molecule has 13 N–H and O–H groups in total. The maximum atomic E-state index is 16.4. The molecule has 0 amide bonds. The zero-order valence-electron chi connectivity index (χ0n) is 62.6. The summed E-state index contributed by atoms with van der Waals surface area (Å²) in [5.41, 5.74) is -4.87. The number of allylic oxidation sites excluding steroid dienone is 2. The average molecular weight is 1520 g/mol. The lowest BCUT2D eigenvalue weighted by Gasteiger charge is -2.71. The lowest BCUT2D eigenvalue weighted by molar-refractivity contribution is -0.385. The number of carboxylic acid groups (broad SMARTS) is 1. The van der Waals surface area contributed by atoms with E-state index in [0.29, 0.717) is 44.9 Å². The van der Waals surface area contributed by atoms with Gasteiger partial charge in [0.15, 0.2) is 49.6 Å². The van der Waals surface area contributed by atoms with Gasteiger partial charge in [-0.25, -0.2) is 4.79 Å². The largest absolute Gasteiger partial charge is 0.479 e. The normalized spacial score (nSPS) is 48.6. The SMILES string of the molecule is CC[C@H](C)C(=O)O[C@@H]1C(C)O[C@@H](OC(=O)[C@]23CC[C@](C)(C(=O)OC)CC2C2=CCC4[C@@]5(C)CC[C@H](O[C@@H]6OC(C(=O)O)[C@@H](O)[C@H](O)C6O[C@@H]6OC(CO)[C@H](O)[C@H](O)C6O)[C@@](C)(COC(C)=O)C5CC[C@@]4(C)[C@]2(C)CC3)[C@H](O[C@@H]2OC(C)[C@H](O)[C@H](OC(=O)[C@@H](C)CC)C2O)C1O[C@@H]1OC(CO)[C@@H](O)[C@H](O)C1O. The minimum atomic E-state index is -2.13. The van der Waals surface area contributed by atoms with E-state index >= 15 is 4.79 Å². The number of aliphatic carboxylic acids is 1. The fourth-order valence-corrected chi connectivity index (χ4v) is 19.5. The summed E-state index contributed by atoms with van der Waals surface area (Å²) in [6, 6.07) is 0. The predicted octanol–water partition coefficient (Wildman–Crippen LogP) is -0.173. The number of ether oxygens (including phenoxy) is 14. The standard InChI is InChI=1S/C73H114O33/c1-14-30(3)59(89)100-52-33(6)96-65(57(56(52)104-62-50(85)46(81)44(79)38(28-75)98-62)105-63-51(86)53(42(77)32(5)95-63)101-60(90)31(4)15-2)106-67(92)73-24-22-68(8,66(91)93-13)26-36(73)35-16-17-40-69(9)20-19-41(70(10,29-94-34(7)76)39(69)18-21-72(40,12)71(35,11)23-25-73)99-64-55(48(83)47(82)54(102-64)58(87)88)103-61-49(84)45(80)43(78)37(27-74)97-61/h16,30-33,36-57,61-65,74-75,77-86H,14-15,17-29H2,1-13H3,(H,87,88)/t30-,31-,32?,33?,36?,37?,38?,39?,40?,41-,42-,43-,44+,45-,46-,47-,48-,49?,50?,51?,52+,53-,54?,55?,56?,57+,61-,62-,63-,64+,65-,68-,69-,70-,71+,72+,73-/m0/s1. The quantitative estimate of drug-likeness (QED) is 0.0289. The molecule has 37 atom stereocenters. The molecule has 0 aromatic heterocycles. The Morgan fingerprint density at radius 1 is 0.538 bits per heavy atom. The van der Waals surface area contributed by atoms with Crippen molar-refractivity contribution in [2.24, 2.45) is 62.1 Å². The summed E-state index contributed by atoms with van der Waals surface area (Å²) in [6.07, 6.45) is -40.7. The zero-order valence-corrected chi connectivity index (χ0v) is 62.6. The van der Waals surface area contributed by atoms with Gasteiger partial charge in [-0.2, -0.15) is 0 Å². The molecule has 10 rings (SSSR count). The molecule has 5 aliphatic carbocycles. The number of hydrogen-bond acceptors (Lipinski definition) is 32. The molecule has 0 aromatic rings. The van der Waals surface area contributed by atoms with E-state index in [4.69, 9.17) is 66.3 Å². The van der Waals surface area contributed by atoms with Gasteiger partial charge in [0.2, 0.25) is 6.29 Å². The minimum Gasteiger partial charge on any atom is -0.479 e. The Morgan fingerprint density at radius 2 is 1.08 bits per heavy atom. The third-order valence-electron chi connectivity index (χ3n) is 26.7. The van der Waals surface area contributed by atoms with Gasteiger partial charge in [0.05, 0.1) is 67.9 Å². The second-order valence-electron chi connectivity index (χ2n) is 32.9. The van der Waals surface area contributed by atoms with Gasteiger partial charge < -0.3 is 133 Å². The molecule has 5 aliphatic heterocycles. The van der Waals surface area contributed by atoms with Crippen molar-refractivity contribution in [3.05, 3.63) is 11.6 Å². The smallest absolute Gasteiger partial charge is 0.335 e. The average Bonchev–Trinajstić information content (AvgIpc) is 0.673. The second kappa shape index (κ2) is 32.4. The Hall–Kier alpha value is -4.28. The number of esters is 5. The van der Waals surface area contributed by atoms with Gasteiger partial charge in [-0.15, -0.1) is 0 Å². The van der Waals surface area contributed by atoms with E-state index in [1.165, 1.54) is 27.9 Å². The van der Waals surface area contributed by atoms with Crippen molar-refractivity contribution in [2.75, 3.05) is 26.9 Å². The lowest BCUT2D eigenvalue weighted by atomic mass is 9.33. The molecule has 604 valence electrons. The van der Waals surface area contributed by atoms with Crippen molar-refractivity contribution in [3.63, 3.8) is 0 Å². The van der Waals surface area contributed by atoms with Crippen LogP contribution in [0.15, 0.2) is 11.6 Å². The molecule has 10 aliphatic rings. The van der Waals surface area contributed by atoms with Crippen molar-refractivity contribution in [1.29, 1.82) is 0 Å². The summed E-state index contributed by atoms with van der Waals surface area (Å²) in [5.74, 6) is -7.84. The molecule has 106 heavy (non-hydrogen) atoms. The number of carbonyl (C=O) groups excluding carboxylic acids is 5. The molecule has 13 unspecified atom stereocenters. The molecule has 0 radical (unpaired) electrons. The highest BCUT2D eigenvalue weighted by Gasteiger charge is 2.72. The highest BCUT2D eigenvalue weighted by Crippen LogP contribution is 2.76. The number of carbonyl (C=O) groups is 6. The van der Waals surface area contributed by atoms with E-state index < -0.39 is 259 Å². The molecule has 0 bridgehead atoms. The summed E-state index contributed by atoms with van der Waals surface area (Å²) >= 11 is 0. The van der Waals surface area contributed by atoms with Gasteiger partial charge in [-0.3, -0.25) is 24.0 Å². The Kier molecular flexibility index (Phi) is 25.8. The van der Waals surface area contributed by atoms with Crippen LogP contribution in [0.5, 0.6) is 0 Å². The van der Waals surface area contributed by atoms with Gasteiger partial charge >= 0.3 is 35.8 Å². The molecule has 33 nitrogen and oxygen atoms in total. The van der Waals surface area contributed by atoms with E-state index in [2.05, 4.69) is 26.8 Å². The van der Waals surface area contributed by atoms with Crippen molar-refractivity contribution in [2.45, 2.75) is 320 Å². The van der Waals surface area contributed by atoms with Crippen molar-refractivity contribution in [1.82, 2.24) is 0 Å². The first-order valence-electron chi connectivity index (χ1n) is 37.4. The van der Waals surface area contributed by atoms with Crippen LogP contribution in [0.3, 0.4) is 0 Å². The number of hydrogen-bond donors (Lipinski definition) is 13. The molecule has 9 fully saturated rings. The van der Waals surface area contributed by atoms with Crippen molar-refractivity contribution < 1.29 is 161 Å². The first-order chi connectivity index (χ1) is 49.7. The maximum Gasteiger partial charge on any atom is 0.335 e. The van der Waals surface area contributed by atoms with Gasteiger partial charge in [0.25, 0.3) is 0 Å². The van der Waals surface area contributed by atoms with Gasteiger partial charge in [-0.05, 0) is 132 Å². The molecule has 5 saturated heterocycles. The third-order valence-corrected chi connectivity index (χ3v) is 26.7. The Labute approximate surface area is 615 Å². The van der Waals surface area contributed by atoms with Gasteiger partial charge in [0, 0.05) is 12.3 Å². The summed E-state index contributed by atoms with van der Waals surface area (Å²) in [6.45, 7) is 19.2. The van der Waals surface area contributed by atoms with E-state index in [9.17, 15) is 90.4 Å². The topological polar surface area (TPSA) is 495 Å². The van der Waals surface area contributed by atoms with Crippen LogP contribution in [0.1, 0.15) is 160 Å². The number of carboxylic acids is 1. The maximum absolute atomic E-state index is 16.4. The zero-order chi connectivity index (χ0) is 78.2. The van der Waals surface area contributed by atoms with Crippen LogP contribution in [0.2, 0.25) is 0 Å². The molecular formula is C73H114O33. The van der Waals surface area contributed by atoms with Gasteiger partial charge in [-0.1, -0.05) is 67.0 Å². The lowest BCUT2D eigenvalue weighted by Crippen LogP contribution is -2.68. The molecule has 0 aromatic carbocycles. The van der Waals surface area contributed by atoms with Crippen LogP contribution < -0.4 is 0 Å². The molecule has 4 saturated carbocycles. The van der Waals surface area contributed by atoms with Crippen LogP contribution in [-0.4, -0.2) is 289 Å². The van der Waals surface area contributed by atoms with Crippen LogP contribution in [0.4, 0.5) is 0 Å². The number of fused-ring (bicyclic) bond motifs is 7. The first kappa shape index (κ1) is 84.2. The van der Waals surface area contributed by atoms with Crippen LogP contribution in [0.25, 0.3) is 0 Å². The van der Waals surface area contributed by atoms with E-state index in [1.807, 2.05) is 6.92 Å². The van der Waals surface area contributed by atoms with Crippen molar-refractivity contribution in [3.8, 4) is 0 Å². The van der Waals surface area contributed by atoms with E-state index in [-0.39, 0.29) is 50.5 Å². The highest BCUT2D eigenvalue weighted by molar-refractivity contribution is 5.82. The number of rotatable bonds is 22. The Morgan fingerprint density at radius 3 is 1.64 bits per heavy atom. The number of methoxy groups -OCH3 is 1. The minimum absolute atomic E-state index is 0.0600. The van der Waals surface area contributed by atoms with E-state index in [0.717, 1.165) is 5.57 Å². The third kappa shape index (κ3) is 15.0. The fraction of sp³-hybridized carbons (Fsp3) is 0.890. The molecular weight excluding hydrogens is 1400 g/mol. The molecule has 0 spiro atoms. The predicted molar refractivity (Wildman–Crippen MR) is 357 cm³/mol. The fourth-order valence-electron chi connectivity index (χ4n) is 19.5. The first-order valence-corrected chi connectivity index (χ1v) is 37.4.